The van der Waals surface area contributed by atoms with Crippen LogP contribution in [0, 0.1) is 0 Å². The molecule has 3 heteroatoms. The quantitative estimate of drug-likeness (QED) is 0.762. The molecule has 0 bridgehead atoms. The number of anilines is 2. The minimum atomic E-state index is 1.07. The Labute approximate surface area is 132 Å². The van der Waals surface area contributed by atoms with Crippen molar-refractivity contribution in [1.82, 2.24) is 0 Å². The zero-order valence-electron chi connectivity index (χ0n) is 12.7. The van der Waals surface area contributed by atoms with E-state index >= 15 is 0 Å². The number of hydrogen-bond donors (Lipinski definition) is 0. The fourth-order valence-electron chi connectivity index (χ4n) is 2.65. The molecule has 0 unspecified atom stereocenters. The average Bonchev–Trinajstić information content (AvgIpc) is 2.50. The van der Waals surface area contributed by atoms with Gasteiger partial charge in [0.15, 0.2) is 0 Å². The van der Waals surface area contributed by atoms with Crippen molar-refractivity contribution in [2.24, 2.45) is 0 Å². The number of nitrogens with zero attached hydrogens (tertiary/aromatic N) is 1. The summed E-state index contributed by atoms with van der Waals surface area (Å²) in [4.78, 5) is 5.16. The Morgan fingerprint density at radius 2 is 1.86 bits per heavy atom. The van der Waals surface area contributed by atoms with Crippen molar-refractivity contribution >= 4 is 36.1 Å². The Bertz CT molecular complexity index is 681. The van der Waals surface area contributed by atoms with Crippen LogP contribution in [-0.2, 0) is 0 Å². The van der Waals surface area contributed by atoms with E-state index < -0.39 is 0 Å². The zero-order valence-corrected chi connectivity index (χ0v) is 13.5. The molecule has 1 aliphatic heterocycles. The summed E-state index contributed by atoms with van der Waals surface area (Å²) in [7, 11) is 4.08. The number of hydrogen-bond acceptors (Lipinski definition) is 2. The molecule has 0 spiro atoms. The Morgan fingerprint density at radius 3 is 2.62 bits per heavy atom. The van der Waals surface area contributed by atoms with Crippen molar-refractivity contribution in [2.75, 3.05) is 11.4 Å². The van der Waals surface area contributed by atoms with E-state index in [9.17, 15) is 0 Å². The van der Waals surface area contributed by atoms with Gasteiger partial charge in [-0.2, -0.15) is 0 Å². The molecule has 2 aromatic rings. The van der Waals surface area contributed by atoms with Gasteiger partial charge in [-0.05, 0) is 0 Å². The second-order valence-electron chi connectivity index (χ2n) is 5.54. The SMILES string of the molecule is B=C(C)c1ccc2c(c1)N(CCCC)c1ccccc1S2. The third-order valence-corrected chi connectivity index (χ3v) is 4.98. The van der Waals surface area contributed by atoms with Crippen LogP contribution in [0.1, 0.15) is 32.3 Å². The molecule has 0 saturated carbocycles. The van der Waals surface area contributed by atoms with E-state index in [-0.39, 0.29) is 0 Å². The molecule has 1 heterocycles. The summed E-state index contributed by atoms with van der Waals surface area (Å²) in [5.41, 5.74) is 5.02. The molecule has 21 heavy (non-hydrogen) atoms. The number of benzene rings is 2. The first-order chi connectivity index (χ1) is 10.2. The summed E-state index contributed by atoms with van der Waals surface area (Å²) in [5, 5.41) is 0. The molecule has 0 aromatic heterocycles. The molecule has 0 atom stereocenters. The van der Waals surface area contributed by atoms with Crippen molar-refractivity contribution < 1.29 is 0 Å². The molecule has 0 fully saturated rings. The Balaban J connectivity index is 2.09. The van der Waals surface area contributed by atoms with Crippen molar-refractivity contribution in [3.63, 3.8) is 0 Å². The van der Waals surface area contributed by atoms with Gasteiger partial charge in [0.2, 0.25) is 0 Å². The number of unbranched alkanes of at least 4 members (excludes halogenated alkanes) is 1. The molecule has 0 amide bonds. The molecule has 106 valence electrons. The van der Waals surface area contributed by atoms with Gasteiger partial charge in [-0.25, -0.2) is 0 Å². The van der Waals surface area contributed by atoms with Gasteiger partial charge in [0.1, 0.15) is 0 Å². The summed E-state index contributed by atoms with van der Waals surface area (Å²) in [5.74, 6) is 0. The first kappa shape index (κ1) is 14.5. The van der Waals surface area contributed by atoms with Crippen LogP contribution in [0.4, 0.5) is 11.4 Å². The topological polar surface area (TPSA) is 3.24 Å². The normalized spacial score (nSPS) is 12.7. The van der Waals surface area contributed by atoms with E-state index in [0.717, 1.165) is 12.0 Å². The Morgan fingerprint density at radius 1 is 1.10 bits per heavy atom. The average molecular weight is 293 g/mol. The molecular formula is C18H20BNS. The molecule has 0 radical (unpaired) electrons. The van der Waals surface area contributed by atoms with Gasteiger partial charge in [0.25, 0.3) is 0 Å². The Hall–Kier alpha value is -1.48. The van der Waals surface area contributed by atoms with E-state index in [1.165, 1.54) is 39.6 Å². The summed E-state index contributed by atoms with van der Waals surface area (Å²) < 4.78 is 0. The van der Waals surface area contributed by atoms with E-state index in [0.29, 0.717) is 0 Å². The first-order valence-corrected chi connectivity index (χ1v) is 8.36. The van der Waals surface area contributed by atoms with Gasteiger partial charge < -0.3 is 0 Å². The maximum atomic E-state index is 4.08. The van der Waals surface area contributed by atoms with Gasteiger partial charge in [-0.3, -0.25) is 0 Å². The molecule has 1 nitrogen and oxygen atoms in total. The molecule has 1 aliphatic rings. The minimum absolute atomic E-state index is 1.07. The molecule has 0 N–H and O–H groups in total. The van der Waals surface area contributed by atoms with Gasteiger partial charge in [-0.1, -0.05) is 0 Å². The van der Waals surface area contributed by atoms with Crippen molar-refractivity contribution in [3.05, 3.63) is 48.0 Å². The van der Waals surface area contributed by atoms with Crippen LogP contribution < -0.4 is 4.90 Å². The first-order valence-electron chi connectivity index (χ1n) is 7.55. The third-order valence-electron chi connectivity index (χ3n) is 3.85. The van der Waals surface area contributed by atoms with Gasteiger partial charge >= 0.3 is 132 Å². The molecule has 2 aromatic carbocycles. The molecule has 3 rings (SSSR count). The van der Waals surface area contributed by atoms with Gasteiger partial charge in [0.05, 0.1) is 0 Å². The Kier molecular flexibility index (Phi) is 4.20. The fourth-order valence-corrected chi connectivity index (χ4v) is 3.73. The second-order valence-corrected chi connectivity index (χ2v) is 6.62. The standard InChI is InChI=1S/C18H20BNS/c1-3-4-11-20-15-7-5-6-8-17(15)21-18-10-9-14(13(2)19)12-16(18)20/h5-10,12,19H,3-4,11H2,1-2H3. The van der Waals surface area contributed by atoms with E-state index in [1.807, 2.05) is 11.8 Å². The van der Waals surface area contributed by atoms with E-state index in [4.69, 9.17) is 0 Å². The maximum absolute atomic E-state index is 4.08. The van der Waals surface area contributed by atoms with Crippen LogP contribution in [0.15, 0.2) is 52.3 Å². The second kappa shape index (κ2) is 6.11. The van der Waals surface area contributed by atoms with Gasteiger partial charge in [0, 0.05) is 0 Å². The van der Waals surface area contributed by atoms with Crippen LogP contribution in [0.2, 0.25) is 0 Å². The summed E-state index contributed by atoms with van der Waals surface area (Å²) in [6.07, 6.45) is 2.41. The van der Waals surface area contributed by atoms with Crippen molar-refractivity contribution in [1.29, 1.82) is 0 Å². The number of fused-ring (bicyclic) bond motifs is 2. The molecule has 0 saturated heterocycles. The van der Waals surface area contributed by atoms with Crippen LogP contribution in [0.5, 0.6) is 0 Å². The zero-order chi connectivity index (χ0) is 14.8. The summed E-state index contributed by atoms with van der Waals surface area (Å²) in [6.45, 7) is 5.39. The monoisotopic (exact) mass is 293 g/mol. The van der Waals surface area contributed by atoms with Gasteiger partial charge in [-0.15, -0.1) is 0 Å². The molecular weight excluding hydrogens is 273 g/mol. The predicted octanol–water partition coefficient (Wildman–Crippen LogP) is 4.53. The van der Waals surface area contributed by atoms with Crippen LogP contribution >= 0.6 is 11.8 Å². The van der Waals surface area contributed by atoms with Crippen molar-refractivity contribution in [2.45, 2.75) is 36.5 Å². The summed E-state index contributed by atoms with van der Waals surface area (Å²) in [6, 6.07) is 15.4. The van der Waals surface area contributed by atoms with Crippen LogP contribution in [0.3, 0.4) is 0 Å². The van der Waals surface area contributed by atoms with Crippen LogP contribution in [-0.4, -0.2) is 19.5 Å². The van der Waals surface area contributed by atoms with Crippen LogP contribution in [0.25, 0.3) is 0 Å². The molecule has 0 aliphatic carbocycles. The summed E-state index contributed by atoms with van der Waals surface area (Å²) >= 11 is 1.87. The number of rotatable bonds is 4. The number of para-hydroxylation sites is 1. The third kappa shape index (κ3) is 2.80. The predicted molar refractivity (Wildman–Crippen MR) is 95.9 cm³/mol. The van der Waals surface area contributed by atoms with Crippen molar-refractivity contribution in [3.8, 4) is 0 Å². The van der Waals surface area contributed by atoms with E-state index in [2.05, 4.69) is 68.7 Å². The fraction of sp³-hybridized carbons (Fsp3) is 0.278. The van der Waals surface area contributed by atoms with E-state index in [1.54, 1.807) is 0 Å².